The third-order valence-corrected chi connectivity index (χ3v) is 3.76. The number of alkyl halides is 3. The Morgan fingerprint density at radius 3 is 2.37 bits per heavy atom. The van der Waals surface area contributed by atoms with Gasteiger partial charge >= 0.3 is 6.18 Å². The van der Waals surface area contributed by atoms with Gasteiger partial charge < -0.3 is 4.74 Å². The van der Waals surface area contributed by atoms with Gasteiger partial charge in [0, 0.05) is 6.07 Å². The van der Waals surface area contributed by atoms with Crippen molar-refractivity contribution in [2.75, 3.05) is 0 Å². The number of aromatic nitrogens is 2. The summed E-state index contributed by atoms with van der Waals surface area (Å²) in [4.78, 5) is 8.25. The van der Waals surface area contributed by atoms with Crippen molar-refractivity contribution in [3.8, 4) is 5.88 Å². The van der Waals surface area contributed by atoms with Crippen LogP contribution < -0.4 is 4.74 Å². The van der Waals surface area contributed by atoms with Crippen LogP contribution in [0.3, 0.4) is 0 Å². The number of hydrogen-bond acceptors (Lipinski definition) is 3. The van der Waals surface area contributed by atoms with Crippen molar-refractivity contribution in [1.29, 1.82) is 0 Å². The lowest BCUT2D eigenvalue weighted by molar-refractivity contribution is -0.185. The zero-order chi connectivity index (χ0) is 14.0. The molecule has 0 amide bonds. The van der Waals surface area contributed by atoms with Crippen LogP contribution in [0.25, 0.3) is 0 Å². The molecule has 0 bridgehead atoms. The Morgan fingerprint density at radius 2 is 1.84 bits per heavy atom. The summed E-state index contributed by atoms with van der Waals surface area (Å²) in [6, 6.07) is 1.70. The van der Waals surface area contributed by atoms with Gasteiger partial charge in [-0.2, -0.15) is 18.2 Å². The first-order valence-electron chi connectivity index (χ1n) is 6.09. The predicted molar refractivity (Wildman–Crippen MR) is 71.9 cm³/mol. The molecule has 0 aliphatic heterocycles. The highest BCUT2D eigenvalue weighted by Crippen LogP contribution is 2.38. The van der Waals surface area contributed by atoms with Gasteiger partial charge in [-0.05, 0) is 55.2 Å². The Labute approximate surface area is 123 Å². The fraction of sp³-hybridized carbons (Fsp3) is 0.667. The Bertz CT molecular complexity index is 425. The Hall–Kier alpha value is -0.600. The largest absolute Gasteiger partial charge is 0.474 e. The maximum atomic E-state index is 12.5. The van der Waals surface area contributed by atoms with E-state index in [2.05, 4.69) is 32.6 Å². The SMILES string of the molecule is Cc1nc(I)cc(OC2CCC(C(F)(F)F)CC2)n1. The maximum absolute atomic E-state index is 12.5. The number of halogens is 4. The second-order valence-electron chi connectivity index (χ2n) is 4.71. The summed E-state index contributed by atoms with van der Waals surface area (Å²) in [6.07, 6.45) is -3.15. The molecule has 1 heterocycles. The zero-order valence-electron chi connectivity index (χ0n) is 10.4. The highest BCUT2D eigenvalue weighted by molar-refractivity contribution is 14.1. The van der Waals surface area contributed by atoms with E-state index in [9.17, 15) is 13.2 Å². The summed E-state index contributed by atoms with van der Waals surface area (Å²) in [5.74, 6) is -0.127. The molecule has 0 N–H and O–H groups in total. The summed E-state index contributed by atoms with van der Waals surface area (Å²) in [6.45, 7) is 1.76. The minimum absolute atomic E-state index is 0.134. The summed E-state index contributed by atoms with van der Waals surface area (Å²) in [7, 11) is 0. The number of nitrogens with zero attached hydrogens (tertiary/aromatic N) is 2. The van der Waals surface area contributed by atoms with E-state index in [4.69, 9.17) is 4.74 Å². The van der Waals surface area contributed by atoms with E-state index in [0.29, 0.717) is 24.5 Å². The summed E-state index contributed by atoms with van der Waals surface area (Å²) in [5.41, 5.74) is 0. The molecule has 7 heteroatoms. The number of rotatable bonds is 2. The van der Waals surface area contributed by atoms with E-state index < -0.39 is 12.1 Å². The molecule has 0 aromatic carbocycles. The van der Waals surface area contributed by atoms with Crippen LogP contribution in [0.4, 0.5) is 13.2 Å². The predicted octanol–water partition coefficient (Wildman–Crippen LogP) is 3.89. The molecular weight excluding hydrogens is 372 g/mol. The third kappa shape index (κ3) is 4.19. The topological polar surface area (TPSA) is 35.0 Å². The smallest absolute Gasteiger partial charge is 0.391 e. The van der Waals surface area contributed by atoms with Crippen LogP contribution in [0.1, 0.15) is 31.5 Å². The molecule has 1 aromatic heterocycles. The zero-order valence-corrected chi connectivity index (χ0v) is 12.5. The molecule has 0 unspecified atom stereocenters. The van der Waals surface area contributed by atoms with Crippen LogP contribution >= 0.6 is 22.6 Å². The van der Waals surface area contributed by atoms with E-state index in [1.54, 1.807) is 13.0 Å². The highest BCUT2D eigenvalue weighted by atomic mass is 127. The first kappa shape index (κ1) is 14.8. The van der Waals surface area contributed by atoms with Gasteiger partial charge in [-0.15, -0.1) is 0 Å². The molecule has 1 aromatic rings. The summed E-state index contributed by atoms with van der Waals surface area (Å²) < 4.78 is 44.0. The normalized spacial score (nSPS) is 24.3. The quantitative estimate of drug-likeness (QED) is 0.572. The van der Waals surface area contributed by atoms with Crippen molar-refractivity contribution in [3.05, 3.63) is 15.6 Å². The van der Waals surface area contributed by atoms with Crippen LogP contribution in [0, 0.1) is 16.5 Å². The van der Waals surface area contributed by atoms with E-state index in [1.165, 1.54) is 0 Å². The molecule has 1 aliphatic carbocycles. The van der Waals surface area contributed by atoms with Gasteiger partial charge in [0.15, 0.2) is 0 Å². The second-order valence-corrected chi connectivity index (χ2v) is 5.81. The first-order valence-corrected chi connectivity index (χ1v) is 7.17. The molecule has 1 aliphatic rings. The molecule has 106 valence electrons. The Balaban J connectivity index is 1.92. The number of aryl methyl sites for hydroxylation is 1. The van der Waals surface area contributed by atoms with Gasteiger partial charge in [0.05, 0.1) is 5.92 Å². The van der Waals surface area contributed by atoms with Crippen LogP contribution in [-0.2, 0) is 0 Å². The van der Waals surface area contributed by atoms with Crippen LogP contribution in [0.2, 0.25) is 0 Å². The Kier molecular flexibility index (Phi) is 4.52. The van der Waals surface area contributed by atoms with Gasteiger partial charge in [0.1, 0.15) is 15.6 Å². The van der Waals surface area contributed by atoms with Gasteiger partial charge in [0.25, 0.3) is 0 Å². The van der Waals surface area contributed by atoms with Gasteiger partial charge in [-0.1, -0.05) is 0 Å². The van der Waals surface area contributed by atoms with Crippen molar-refractivity contribution in [2.24, 2.45) is 5.92 Å². The maximum Gasteiger partial charge on any atom is 0.391 e. The van der Waals surface area contributed by atoms with Gasteiger partial charge in [0.2, 0.25) is 5.88 Å². The molecule has 1 saturated carbocycles. The molecular formula is C12H14F3IN2O. The molecule has 2 rings (SSSR count). The van der Waals surface area contributed by atoms with Crippen molar-refractivity contribution < 1.29 is 17.9 Å². The van der Waals surface area contributed by atoms with Crippen LogP contribution in [0.15, 0.2) is 6.07 Å². The van der Waals surface area contributed by atoms with Gasteiger partial charge in [-0.25, -0.2) is 4.98 Å². The lowest BCUT2D eigenvalue weighted by Crippen LogP contribution is -2.32. The lowest BCUT2D eigenvalue weighted by atomic mass is 9.87. The summed E-state index contributed by atoms with van der Waals surface area (Å²) >= 11 is 2.06. The molecule has 0 atom stereocenters. The van der Waals surface area contributed by atoms with Crippen LogP contribution in [0.5, 0.6) is 5.88 Å². The van der Waals surface area contributed by atoms with Crippen molar-refractivity contribution in [2.45, 2.75) is 44.9 Å². The molecule has 19 heavy (non-hydrogen) atoms. The number of ether oxygens (including phenoxy) is 1. The third-order valence-electron chi connectivity index (χ3n) is 3.21. The average Bonchev–Trinajstić information content (AvgIpc) is 2.26. The van der Waals surface area contributed by atoms with Gasteiger partial charge in [-0.3, -0.25) is 0 Å². The first-order chi connectivity index (χ1) is 8.84. The van der Waals surface area contributed by atoms with Crippen molar-refractivity contribution in [3.63, 3.8) is 0 Å². The molecule has 0 saturated heterocycles. The molecule has 3 nitrogen and oxygen atoms in total. The summed E-state index contributed by atoms with van der Waals surface area (Å²) in [5, 5.41) is 0. The fourth-order valence-corrected chi connectivity index (χ4v) is 2.86. The Morgan fingerprint density at radius 1 is 1.21 bits per heavy atom. The highest BCUT2D eigenvalue weighted by Gasteiger charge is 2.41. The van der Waals surface area contributed by atoms with E-state index in [-0.39, 0.29) is 18.9 Å². The van der Waals surface area contributed by atoms with Crippen molar-refractivity contribution in [1.82, 2.24) is 9.97 Å². The minimum atomic E-state index is -4.08. The molecule has 0 spiro atoms. The van der Waals surface area contributed by atoms with E-state index in [0.717, 1.165) is 3.70 Å². The average molecular weight is 386 g/mol. The lowest BCUT2D eigenvalue weighted by Gasteiger charge is -2.29. The minimum Gasteiger partial charge on any atom is -0.474 e. The monoisotopic (exact) mass is 386 g/mol. The standard InChI is InChI=1S/C12H14F3IN2O/c1-7-17-10(16)6-11(18-7)19-9-4-2-8(3-5-9)12(13,14)15/h6,8-9H,2-5H2,1H3. The molecule has 0 radical (unpaired) electrons. The fourth-order valence-electron chi connectivity index (χ4n) is 2.24. The second kappa shape index (κ2) is 5.80. The van der Waals surface area contributed by atoms with E-state index in [1.807, 2.05) is 0 Å². The van der Waals surface area contributed by atoms with Crippen LogP contribution in [-0.4, -0.2) is 22.2 Å². The van der Waals surface area contributed by atoms with Crippen molar-refractivity contribution >= 4 is 22.6 Å². The molecule has 1 fully saturated rings. The number of hydrogen-bond donors (Lipinski definition) is 0. The van der Waals surface area contributed by atoms with E-state index >= 15 is 0 Å².